The second kappa shape index (κ2) is 18.9. The van der Waals surface area contributed by atoms with Crippen molar-refractivity contribution in [3.05, 3.63) is 0 Å². The van der Waals surface area contributed by atoms with Gasteiger partial charge in [-0.15, -0.1) is 0 Å². The SMILES string of the molecule is CCNC(=O)COCC(=O)OCCN(CCOC(=O)COCC(=O)NCC)CC(=O)N1CCSC1=S. The lowest BCUT2D eigenvalue weighted by Crippen LogP contribution is -2.43. The Morgan fingerprint density at radius 1 is 0.889 bits per heavy atom. The van der Waals surface area contributed by atoms with Crippen LogP contribution in [0.1, 0.15) is 13.8 Å². The van der Waals surface area contributed by atoms with Crippen molar-refractivity contribution in [3.63, 3.8) is 0 Å². The normalized spacial score (nSPS) is 13.0. The molecule has 3 amide bonds. The molecule has 1 aliphatic rings. The van der Waals surface area contributed by atoms with E-state index in [4.69, 9.17) is 31.2 Å². The molecule has 0 aromatic carbocycles. The molecule has 0 atom stereocenters. The van der Waals surface area contributed by atoms with Crippen molar-refractivity contribution in [2.24, 2.45) is 0 Å². The highest BCUT2D eigenvalue weighted by molar-refractivity contribution is 8.23. The fourth-order valence-electron chi connectivity index (χ4n) is 2.78. The fraction of sp³-hybridized carbons (Fsp3) is 0.714. The van der Waals surface area contributed by atoms with Crippen molar-refractivity contribution in [1.82, 2.24) is 20.4 Å². The summed E-state index contributed by atoms with van der Waals surface area (Å²) in [6.45, 7) is 3.96. The summed E-state index contributed by atoms with van der Waals surface area (Å²) in [5, 5.41) is 5.08. The Labute approximate surface area is 219 Å². The number of amides is 3. The Morgan fingerprint density at radius 3 is 1.81 bits per heavy atom. The molecular weight excluding hydrogens is 516 g/mol. The van der Waals surface area contributed by atoms with Gasteiger partial charge in [-0.3, -0.25) is 24.2 Å². The van der Waals surface area contributed by atoms with Crippen molar-refractivity contribution < 1.29 is 42.9 Å². The average molecular weight is 551 g/mol. The number of nitrogens with zero attached hydrogens (tertiary/aromatic N) is 2. The third-order valence-corrected chi connectivity index (χ3v) is 5.84. The Hall–Kier alpha value is -2.33. The van der Waals surface area contributed by atoms with Crippen LogP contribution in [0.4, 0.5) is 0 Å². The van der Waals surface area contributed by atoms with E-state index in [9.17, 15) is 24.0 Å². The molecule has 2 N–H and O–H groups in total. The van der Waals surface area contributed by atoms with E-state index in [2.05, 4.69) is 10.6 Å². The van der Waals surface area contributed by atoms with Gasteiger partial charge in [0.15, 0.2) is 0 Å². The van der Waals surface area contributed by atoms with Crippen molar-refractivity contribution in [2.75, 3.05) is 84.7 Å². The highest BCUT2D eigenvalue weighted by Gasteiger charge is 2.25. The molecule has 0 bridgehead atoms. The van der Waals surface area contributed by atoms with Gasteiger partial charge in [0.05, 0.1) is 6.54 Å². The summed E-state index contributed by atoms with van der Waals surface area (Å²) in [6.07, 6.45) is 0. The van der Waals surface area contributed by atoms with Crippen LogP contribution >= 0.6 is 24.0 Å². The van der Waals surface area contributed by atoms with Gasteiger partial charge in [0, 0.05) is 38.5 Å². The standard InChI is InChI=1S/C21H34N4O9S2/c1-3-22-16(26)12-31-14-19(29)33-8-5-24(11-18(28)25-7-10-36-21(25)35)6-9-34-20(30)15-32-13-17(27)23-4-2/h3-15H2,1-2H3,(H,22,26)(H,23,27). The number of esters is 2. The Morgan fingerprint density at radius 2 is 1.39 bits per heavy atom. The summed E-state index contributed by atoms with van der Waals surface area (Å²) in [5.74, 6) is -1.46. The number of rotatable bonds is 18. The monoisotopic (exact) mass is 550 g/mol. The van der Waals surface area contributed by atoms with Crippen LogP contribution in [0.3, 0.4) is 0 Å². The van der Waals surface area contributed by atoms with Gasteiger partial charge in [0.25, 0.3) is 0 Å². The lowest BCUT2D eigenvalue weighted by atomic mass is 10.4. The van der Waals surface area contributed by atoms with Crippen LogP contribution in [0.5, 0.6) is 0 Å². The van der Waals surface area contributed by atoms with Crippen LogP contribution < -0.4 is 10.6 Å². The van der Waals surface area contributed by atoms with Crippen LogP contribution in [0.25, 0.3) is 0 Å². The minimum absolute atomic E-state index is 0.0167. The van der Waals surface area contributed by atoms with Crippen molar-refractivity contribution in [2.45, 2.75) is 13.8 Å². The van der Waals surface area contributed by atoms with E-state index in [0.29, 0.717) is 24.0 Å². The number of ether oxygens (including phenoxy) is 4. The second-order valence-corrected chi connectivity index (χ2v) is 9.00. The fourth-order valence-corrected chi connectivity index (χ4v) is 4.02. The van der Waals surface area contributed by atoms with Crippen LogP contribution in [-0.4, -0.2) is 128 Å². The average Bonchev–Trinajstić information content (AvgIpc) is 3.25. The molecule has 0 aliphatic carbocycles. The van der Waals surface area contributed by atoms with Gasteiger partial charge in [-0.05, 0) is 13.8 Å². The van der Waals surface area contributed by atoms with Gasteiger partial charge in [-0.1, -0.05) is 24.0 Å². The number of thioether (sulfide) groups is 1. The van der Waals surface area contributed by atoms with E-state index in [1.165, 1.54) is 16.7 Å². The first-order valence-corrected chi connectivity index (χ1v) is 12.9. The molecule has 13 nitrogen and oxygen atoms in total. The van der Waals surface area contributed by atoms with Crippen molar-refractivity contribution in [1.29, 1.82) is 0 Å². The molecule has 1 fully saturated rings. The molecule has 1 rings (SSSR count). The number of nitrogens with one attached hydrogen (secondary N) is 2. The maximum absolute atomic E-state index is 12.6. The number of carbonyl (C=O) groups is 5. The molecule has 0 aromatic rings. The van der Waals surface area contributed by atoms with E-state index < -0.39 is 11.9 Å². The van der Waals surface area contributed by atoms with Crippen LogP contribution in [0.15, 0.2) is 0 Å². The minimum Gasteiger partial charge on any atom is -0.463 e. The molecule has 204 valence electrons. The van der Waals surface area contributed by atoms with Gasteiger partial charge >= 0.3 is 11.9 Å². The zero-order valence-corrected chi connectivity index (χ0v) is 22.2. The topological polar surface area (TPSA) is 153 Å². The summed E-state index contributed by atoms with van der Waals surface area (Å²) in [6, 6.07) is 0. The van der Waals surface area contributed by atoms with Crippen molar-refractivity contribution >= 4 is 58.0 Å². The first-order chi connectivity index (χ1) is 17.3. The van der Waals surface area contributed by atoms with E-state index in [-0.39, 0.29) is 77.0 Å². The zero-order chi connectivity index (χ0) is 26.8. The molecule has 15 heteroatoms. The minimum atomic E-state index is -0.654. The molecule has 1 saturated heterocycles. The smallest absolute Gasteiger partial charge is 0.332 e. The number of hydrogen-bond donors (Lipinski definition) is 2. The largest absolute Gasteiger partial charge is 0.463 e. The van der Waals surface area contributed by atoms with Gasteiger partial charge in [-0.2, -0.15) is 0 Å². The predicted octanol–water partition coefficient (Wildman–Crippen LogP) is -1.46. The highest BCUT2D eigenvalue weighted by Crippen LogP contribution is 2.18. The second-order valence-electron chi connectivity index (χ2n) is 7.27. The van der Waals surface area contributed by atoms with E-state index >= 15 is 0 Å². The first-order valence-electron chi connectivity index (χ1n) is 11.5. The predicted molar refractivity (Wildman–Crippen MR) is 134 cm³/mol. The summed E-state index contributed by atoms with van der Waals surface area (Å²) >= 11 is 6.61. The Bertz CT molecular complexity index is 728. The highest BCUT2D eigenvalue weighted by atomic mass is 32.2. The summed E-state index contributed by atoms with van der Waals surface area (Å²) in [7, 11) is 0. The molecule has 1 heterocycles. The molecule has 0 saturated carbocycles. The molecule has 36 heavy (non-hydrogen) atoms. The molecule has 0 spiro atoms. The van der Waals surface area contributed by atoms with E-state index in [1.54, 1.807) is 18.7 Å². The van der Waals surface area contributed by atoms with Crippen LogP contribution in [0, 0.1) is 0 Å². The molecule has 0 aromatic heterocycles. The lowest BCUT2D eigenvalue weighted by Gasteiger charge is -2.24. The van der Waals surface area contributed by atoms with Gasteiger partial charge < -0.3 is 29.6 Å². The third kappa shape index (κ3) is 14.3. The summed E-state index contributed by atoms with van der Waals surface area (Å²) in [5.41, 5.74) is 0. The number of carbonyl (C=O) groups excluding carboxylic acids is 5. The van der Waals surface area contributed by atoms with E-state index in [0.717, 1.165) is 5.75 Å². The summed E-state index contributed by atoms with van der Waals surface area (Å²) < 4.78 is 20.7. The number of likely N-dealkylation sites (N-methyl/N-ethyl adjacent to an activating group) is 2. The molecule has 0 radical (unpaired) electrons. The maximum atomic E-state index is 12.6. The van der Waals surface area contributed by atoms with Gasteiger partial charge in [-0.25, -0.2) is 9.59 Å². The molecular formula is C21H34N4O9S2. The maximum Gasteiger partial charge on any atom is 0.332 e. The number of hydrogen-bond acceptors (Lipinski definition) is 12. The molecule has 0 unspecified atom stereocenters. The van der Waals surface area contributed by atoms with Crippen molar-refractivity contribution in [3.8, 4) is 0 Å². The van der Waals surface area contributed by atoms with Gasteiger partial charge in [0.1, 0.15) is 44.0 Å². The van der Waals surface area contributed by atoms with Gasteiger partial charge in [0.2, 0.25) is 17.7 Å². The quantitative estimate of drug-likeness (QED) is 0.151. The Kier molecular flexibility index (Phi) is 16.6. The lowest BCUT2D eigenvalue weighted by molar-refractivity contribution is -0.150. The Balaban J connectivity index is 2.43. The number of thiocarbonyl (C=S) groups is 1. The third-order valence-electron chi connectivity index (χ3n) is 4.42. The first kappa shape index (κ1) is 31.7. The van der Waals surface area contributed by atoms with Crippen LogP contribution in [-0.2, 0) is 42.9 Å². The zero-order valence-electron chi connectivity index (χ0n) is 20.6. The van der Waals surface area contributed by atoms with E-state index in [1.807, 2.05) is 0 Å². The molecule has 1 aliphatic heterocycles. The summed E-state index contributed by atoms with van der Waals surface area (Å²) in [4.78, 5) is 62.1. The van der Waals surface area contributed by atoms with Crippen LogP contribution in [0.2, 0.25) is 0 Å².